The van der Waals surface area contributed by atoms with Gasteiger partial charge in [0.25, 0.3) is 0 Å². The quantitative estimate of drug-likeness (QED) is 0.620. The molecule has 2 heteroatoms. The first-order valence-corrected chi connectivity index (χ1v) is 4.08. The Bertz CT molecular complexity index is 379. The van der Waals surface area contributed by atoms with E-state index in [1.807, 2.05) is 24.3 Å². The van der Waals surface area contributed by atoms with Gasteiger partial charge < -0.3 is 0 Å². The Kier molecular flexibility index (Phi) is 1.97. The molecule has 0 spiro atoms. The van der Waals surface area contributed by atoms with Crippen LogP contribution < -0.4 is 0 Å². The summed E-state index contributed by atoms with van der Waals surface area (Å²) in [6.45, 7) is 0. The molecule has 0 aromatic rings. The van der Waals surface area contributed by atoms with Crippen molar-refractivity contribution in [3.8, 4) is 0 Å². The van der Waals surface area contributed by atoms with E-state index in [1.165, 1.54) is 0 Å². The molecule has 0 atom stereocenters. The third kappa shape index (κ3) is 1.52. The summed E-state index contributed by atoms with van der Waals surface area (Å²) in [6.07, 6.45) is 10.7. The zero-order chi connectivity index (χ0) is 9.26. The molecule has 0 heterocycles. The highest BCUT2D eigenvalue weighted by atomic mass is 19.1. The van der Waals surface area contributed by atoms with Gasteiger partial charge in [-0.25, -0.2) is 8.78 Å². The molecule has 0 nitrogen and oxygen atoms in total. The third-order valence-electron chi connectivity index (χ3n) is 2.04. The number of hydrogen-bond acceptors (Lipinski definition) is 0. The fourth-order valence-corrected chi connectivity index (χ4v) is 1.15. The Morgan fingerprint density at radius 2 is 2.08 bits per heavy atom. The molecular weight excluding hydrogens is 170 g/mol. The van der Waals surface area contributed by atoms with E-state index in [4.69, 9.17) is 0 Å². The van der Waals surface area contributed by atoms with Crippen molar-refractivity contribution in [3.05, 3.63) is 59.3 Å². The van der Waals surface area contributed by atoms with Gasteiger partial charge in [-0.15, -0.1) is 0 Å². The minimum Gasteiger partial charge on any atom is -0.206 e. The summed E-state index contributed by atoms with van der Waals surface area (Å²) in [5.41, 5.74) is 1.27. The second-order valence-electron chi connectivity index (χ2n) is 2.95. The normalized spacial score (nSPS) is 19.8. The fraction of sp³-hybridized carbons (Fsp3) is 0.0909. The van der Waals surface area contributed by atoms with Gasteiger partial charge in [0.05, 0.1) is 0 Å². The Balaban J connectivity index is 1.86. The van der Waals surface area contributed by atoms with Crippen LogP contribution in [0.1, 0.15) is 6.42 Å². The summed E-state index contributed by atoms with van der Waals surface area (Å²) in [6, 6.07) is 0. The standard InChI is InChI=1S/C11H8F2/c12-10-7-11(13)9(10)6-2-5-8-3-1-4-8/h1-5,7H,6H2/b5-2+. The Hall–Kier alpha value is -1.44. The van der Waals surface area contributed by atoms with Crippen LogP contribution in [-0.4, -0.2) is 0 Å². The lowest BCUT2D eigenvalue weighted by Crippen LogP contribution is -1.96. The van der Waals surface area contributed by atoms with Gasteiger partial charge in [-0.1, -0.05) is 30.4 Å². The summed E-state index contributed by atoms with van der Waals surface area (Å²) in [7, 11) is 0. The number of halogens is 2. The highest BCUT2D eigenvalue weighted by Crippen LogP contribution is 2.32. The highest BCUT2D eigenvalue weighted by Gasteiger charge is 2.18. The van der Waals surface area contributed by atoms with Gasteiger partial charge in [0.15, 0.2) is 0 Å². The second-order valence-corrected chi connectivity index (χ2v) is 2.95. The van der Waals surface area contributed by atoms with Crippen LogP contribution in [0.25, 0.3) is 0 Å². The molecule has 0 amide bonds. The minimum absolute atomic E-state index is 0.181. The van der Waals surface area contributed by atoms with Crippen molar-refractivity contribution < 1.29 is 8.78 Å². The molecule has 2 aliphatic rings. The number of allylic oxidation sites excluding steroid dienone is 10. The van der Waals surface area contributed by atoms with Crippen molar-refractivity contribution >= 4 is 0 Å². The van der Waals surface area contributed by atoms with Gasteiger partial charge in [-0.3, -0.25) is 0 Å². The average molecular weight is 178 g/mol. The van der Waals surface area contributed by atoms with E-state index in [9.17, 15) is 8.78 Å². The summed E-state index contributed by atoms with van der Waals surface area (Å²) in [5.74, 6) is -0.861. The van der Waals surface area contributed by atoms with Gasteiger partial charge in [-0.05, 0) is 12.0 Å². The SMILES string of the molecule is FC1=CC(F)=C1C/C=C/C1=CC=C1. The van der Waals surface area contributed by atoms with Crippen molar-refractivity contribution in [2.24, 2.45) is 0 Å². The van der Waals surface area contributed by atoms with E-state index in [2.05, 4.69) is 0 Å². The molecule has 0 unspecified atom stereocenters. The third-order valence-corrected chi connectivity index (χ3v) is 2.04. The molecular formula is C11H8F2. The monoisotopic (exact) mass is 178 g/mol. The average Bonchev–Trinajstić information content (AvgIpc) is 2.01. The molecule has 0 aromatic carbocycles. The van der Waals surface area contributed by atoms with Crippen LogP contribution in [0.2, 0.25) is 0 Å². The lowest BCUT2D eigenvalue weighted by atomic mass is 10.0. The maximum atomic E-state index is 12.6. The predicted octanol–water partition coefficient (Wildman–Crippen LogP) is 3.52. The van der Waals surface area contributed by atoms with E-state index in [1.54, 1.807) is 6.08 Å². The van der Waals surface area contributed by atoms with Crippen LogP contribution in [-0.2, 0) is 0 Å². The first-order valence-electron chi connectivity index (χ1n) is 4.08. The van der Waals surface area contributed by atoms with Crippen LogP contribution in [0.3, 0.4) is 0 Å². The van der Waals surface area contributed by atoms with Crippen molar-refractivity contribution in [1.29, 1.82) is 0 Å². The first-order chi connectivity index (χ1) is 6.27. The Morgan fingerprint density at radius 3 is 2.54 bits per heavy atom. The molecule has 2 aliphatic carbocycles. The molecule has 0 aliphatic heterocycles. The zero-order valence-corrected chi connectivity index (χ0v) is 6.93. The molecule has 66 valence electrons. The summed E-state index contributed by atoms with van der Waals surface area (Å²) < 4.78 is 25.1. The van der Waals surface area contributed by atoms with Crippen molar-refractivity contribution in [2.45, 2.75) is 6.42 Å². The molecule has 0 aromatic heterocycles. The molecule has 0 N–H and O–H groups in total. The van der Waals surface area contributed by atoms with Gasteiger partial charge in [-0.2, -0.15) is 0 Å². The smallest absolute Gasteiger partial charge is 0.132 e. The largest absolute Gasteiger partial charge is 0.206 e. The maximum absolute atomic E-state index is 12.6. The maximum Gasteiger partial charge on any atom is 0.132 e. The van der Waals surface area contributed by atoms with Crippen LogP contribution in [0.4, 0.5) is 8.78 Å². The van der Waals surface area contributed by atoms with Crippen LogP contribution in [0.5, 0.6) is 0 Å². The molecule has 13 heavy (non-hydrogen) atoms. The van der Waals surface area contributed by atoms with E-state index in [0.29, 0.717) is 6.42 Å². The zero-order valence-electron chi connectivity index (χ0n) is 6.93. The van der Waals surface area contributed by atoms with Gasteiger partial charge >= 0.3 is 0 Å². The Morgan fingerprint density at radius 1 is 1.31 bits per heavy atom. The molecule has 2 rings (SSSR count). The minimum atomic E-state index is -0.430. The van der Waals surface area contributed by atoms with Crippen LogP contribution in [0, 0.1) is 0 Å². The first kappa shape index (κ1) is 8.17. The summed E-state index contributed by atoms with van der Waals surface area (Å²) in [4.78, 5) is 0. The van der Waals surface area contributed by atoms with E-state index in [-0.39, 0.29) is 5.57 Å². The molecule has 0 saturated carbocycles. The molecule has 0 radical (unpaired) electrons. The van der Waals surface area contributed by atoms with Gasteiger partial charge in [0.1, 0.15) is 11.7 Å². The number of rotatable bonds is 3. The number of hydrogen-bond donors (Lipinski definition) is 0. The predicted molar refractivity (Wildman–Crippen MR) is 48.3 cm³/mol. The lowest BCUT2D eigenvalue weighted by molar-refractivity contribution is 0.562. The summed E-state index contributed by atoms with van der Waals surface area (Å²) in [5, 5.41) is 0. The fourth-order valence-electron chi connectivity index (χ4n) is 1.15. The summed E-state index contributed by atoms with van der Waals surface area (Å²) >= 11 is 0. The van der Waals surface area contributed by atoms with Crippen molar-refractivity contribution in [3.63, 3.8) is 0 Å². The second kappa shape index (κ2) is 3.13. The van der Waals surface area contributed by atoms with Crippen molar-refractivity contribution in [1.82, 2.24) is 0 Å². The van der Waals surface area contributed by atoms with E-state index in [0.717, 1.165) is 11.6 Å². The van der Waals surface area contributed by atoms with E-state index >= 15 is 0 Å². The lowest BCUT2D eigenvalue weighted by Gasteiger charge is -2.10. The Labute approximate surface area is 75.3 Å². The van der Waals surface area contributed by atoms with Crippen LogP contribution >= 0.6 is 0 Å². The van der Waals surface area contributed by atoms with Crippen molar-refractivity contribution in [2.75, 3.05) is 0 Å². The molecule has 0 saturated heterocycles. The van der Waals surface area contributed by atoms with Gasteiger partial charge in [0, 0.05) is 11.6 Å². The molecule has 0 fully saturated rings. The molecule has 0 bridgehead atoms. The van der Waals surface area contributed by atoms with E-state index < -0.39 is 11.7 Å². The van der Waals surface area contributed by atoms with Gasteiger partial charge in [0.2, 0.25) is 0 Å². The topological polar surface area (TPSA) is 0 Å². The highest BCUT2D eigenvalue weighted by molar-refractivity contribution is 5.48. The van der Waals surface area contributed by atoms with Crippen LogP contribution in [0.15, 0.2) is 59.3 Å².